The van der Waals surface area contributed by atoms with Gasteiger partial charge in [-0.15, -0.1) is 0 Å². The second-order valence-electron chi connectivity index (χ2n) is 6.81. The molecule has 30 heavy (non-hydrogen) atoms. The monoisotopic (exact) mass is 460 g/mol. The minimum absolute atomic E-state index is 0.170. The molecule has 1 N–H and O–H groups in total. The molecule has 0 aliphatic rings. The van der Waals surface area contributed by atoms with E-state index in [0.717, 1.165) is 11.1 Å². The van der Waals surface area contributed by atoms with Crippen molar-refractivity contribution in [2.45, 2.75) is 13.5 Å². The average Bonchev–Trinajstić information content (AvgIpc) is 2.71. The first-order valence-electron chi connectivity index (χ1n) is 9.18. The maximum absolute atomic E-state index is 13.1. The van der Waals surface area contributed by atoms with Crippen LogP contribution in [0.4, 0.5) is 5.69 Å². The maximum Gasteiger partial charge on any atom is 0.254 e. The summed E-state index contributed by atoms with van der Waals surface area (Å²) in [6, 6.07) is 19.7. The van der Waals surface area contributed by atoms with E-state index in [4.69, 9.17) is 34.8 Å². The van der Waals surface area contributed by atoms with Crippen LogP contribution in [0.25, 0.3) is 0 Å². The van der Waals surface area contributed by atoms with E-state index in [1.54, 1.807) is 12.1 Å². The summed E-state index contributed by atoms with van der Waals surface area (Å²) in [5.41, 5.74) is 2.72. The van der Waals surface area contributed by atoms with E-state index in [9.17, 15) is 9.59 Å². The minimum Gasteiger partial charge on any atom is -0.325 e. The minimum atomic E-state index is -0.419. The second-order valence-corrected chi connectivity index (χ2v) is 8.06. The molecule has 0 atom stereocenters. The number of nitrogens with one attached hydrogen (secondary N) is 1. The smallest absolute Gasteiger partial charge is 0.254 e. The number of anilines is 1. The number of halogens is 3. The molecule has 3 aromatic carbocycles. The first-order valence-corrected chi connectivity index (χ1v) is 10.3. The van der Waals surface area contributed by atoms with Gasteiger partial charge in [-0.25, -0.2) is 0 Å². The first kappa shape index (κ1) is 22.2. The number of amides is 2. The number of carbonyl (C=O) groups excluding carboxylic acids is 2. The van der Waals surface area contributed by atoms with Crippen molar-refractivity contribution in [1.29, 1.82) is 0 Å². The van der Waals surface area contributed by atoms with E-state index in [-0.39, 0.29) is 34.7 Å². The van der Waals surface area contributed by atoms with Crippen LogP contribution in [0.1, 0.15) is 21.5 Å². The summed E-state index contributed by atoms with van der Waals surface area (Å²) in [6.45, 7) is 2.06. The molecule has 0 bridgehead atoms. The van der Waals surface area contributed by atoms with Crippen molar-refractivity contribution >= 4 is 52.3 Å². The number of aryl methyl sites for hydroxylation is 1. The van der Waals surface area contributed by atoms with Crippen LogP contribution in [-0.4, -0.2) is 23.3 Å². The van der Waals surface area contributed by atoms with Crippen molar-refractivity contribution in [3.05, 3.63) is 98.5 Å². The summed E-state index contributed by atoms with van der Waals surface area (Å²) in [5.74, 6) is -0.667. The number of hydrogen-bond donors (Lipinski definition) is 1. The van der Waals surface area contributed by atoms with Gasteiger partial charge < -0.3 is 10.2 Å². The Kier molecular flexibility index (Phi) is 7.38. The molecule has 0 saturated carbocycles. The van der Waals surface area contributed by atoms with Gasteiger partial charge in [0.15, 0.2) is 0 Å². The van der Waals surface area contributed by atoms with Crippen LogP contribution >= 0.6 is 34.8 Å². The molecule has 2 amide bonds. The third-order valence-corrected chi connectivity index (χ3v) is 5.22. The SMILES string of the molecule is Cc1ccc(C(=O)N(CC(=O)Nc2c(Cl)cc(Cl)cc2Cl)Cc2ccccc2)cc1. The van der Waals surface area contributed by atoms with Crippen molar-refractivity contribution in [3.63, 3.8) is 0 Å². The molecule has 0 aromatic heterocycles. The molecule has 0 spiro atoms. The van der Waals surface area contributed by atoms with Crippen molar-refractivity contribution in [2.24, 2.45) is 0 Å². The zero-order chi connectivity index (χ0) is 21.7. The Morgan fingerprint density at radius 3 is 2.10 bits per heavy atom. The van der Waals surface area contributed by atoms with Gasteiger partial charge in [0, 0.05) is 17.1 Å². The lowest BCUT2D eigenvalue weighted by Crippen LogP contribution is -2.37. The topological polar surface area (TPSA) is 49.4 Å². The first-order chi connectivity index (χ1) is 14.3. The number of rotatable bonds is 6. The molecule has 0 fully saturated rings. The molecule has 3 aromatic rings. The van der Waals surface area contributed by atoms with Crippen LogP contribution in [0.3, 0.4) is 0 Å². The predicted molar refractivity (Wildman–Crippen MR) is 122 cm³/mol. The van der Waals surface area contributed by atoms with E-state index in [1.807, 2.05) is 49.4 Å². The van der Waals surface area contributed by atoms with E-state index in [2.05, 4.69) is 5.32 Å². The molecule has 7 heteroatoms. The summed E-state index contributed by atoms with van der Waals surface area (Å²) >= 11 is 18.2. The fraction of sp³-hybridized carbons (Fsp3) is 0.130. The summed E-state index contributed by atoms with van der Waals surface area (Å²) in [6.07, 6.45) is 0. The summed E-state index contributed by atoms with van der Waals surface area (Å²) in [4.78, 5) is 27.3. The van der Waals surface area contributed by atoms with Gasteiger partial charge in [-0.2, -0.15) is 0 Å². The van der Waals surface area contributed by atoms with Crippen molar-refractivity contribution in [1.82, 2.24) is 4.90 Å². The lowest BCUT2D eigenvalue weighted by atomic mass is 10.1. The highest BCUT2D eigenvalue weighted by molar-refractivity contribution is 6.42. The summed E-state index contributed by atoms with van der Waals surface area (Å²) in [7, 11) is 0. The highest BCUT2D eigenvalue weighted by Crippen LogP contribution is 2.33. The van der Waals surface area contributed by atoms with Gasteiger partial charge in [-0.1, -0.05) is 82.8 Å². The lowest BCUT2D eigenvalue weighted by Gasteiger charge is -2.23. The normalized spacial score (nSPS) is 10.5. The fourth-order valence-electron chi connectivity index (χ4n) is 2.90. The molecule has 4 nitrogen and oxygen atoms in total. The Hall–Kier alpha value is -2.53. The van der Waals surface area contributed by atoms with Crippen molar-refractivity contribution in [3.8, 4) is 0 Å². The zero-order valence-electron chi connectivity index (χ0n) is 16.2. The molecule has 0 radical (unpaired) electrons. The van der Waals surface area contributed by atoms with Crippen LogP contribution in [-0.2, 0) is 11.3 Å². The largest absolute Gasteiger partial charge is 0.325 e. The molecule has 0 aliphatic heterocycles. The standard InChI is InChI=1S/C23H19Cl3N2O2/c1-15-7-9-17(10-8-15)23(30)28(13-16-5-3-2-4-6-16)14-21(29)27-22-19(25)11-18(24)12-20(22)26/h2-12H,13-14H2,1H3,(H,27,29). The summed E-state index contributed by atoms with van der Waals surface area (Å²) < 4.78 is 0. The highest BCUT2D eigenvalue weighted by atomic mass is 35.5. The van der Waals surface area contributed by atoms with Crippen LogP contribution in [0, 0.1) is 6.92 Å². The van der Waals surface area contributed by atoms with Crippen molar-refractivity contribution < 1.29 is 9.59 Å². The molecule has 3 rings (SSSR count). The van der Waals surface area contributed by atoms with Crippen LogP contribution in [0.15, 0.2) is 66.7 Å². The van der Waals surface area contributed by atoms with Crippen LogP contribution in [0.5, 0.6) is 0 Å². The average molecular weight is 462 g/mol. The predicted octanol–water partition coefficient (Wildman–Crippen LogP) is 6.24. The Morgan fingerprint density at radius 2 is 1.50 bits per heavy atom. The number of benzene rings is 3. The zero-order valence-corrected chi connectivity index (χ0v) is 18.4. The molecule has 0 aliphatic carbocycles. The Morgan fingerprint density at radius 1 is 0.900 bits per heavy atom. The fourth-order valence-corrected chi connectivity index (χ4v) is 3.81. The van der Waals surface area contributed by atoms with E-state index >= 15 is 0 Å². The van der Waals surface area contributed by atoms with Gasteiger partial charge in [-0.05, 0) is 36.8 Å². The Labute approximate surface area is 190 Å². The molecule has 154 valence electrons. The van der Waals surface area contributed by atoms with Gasteiger partial charge in [-0.3, -0.25) is 9.59 Å². The third-order valence-electron chi connectivity index (χ3n) is 4.41. The molecular weight excluding hydrogens is 443 g/mol. The summed E-state index contributed by atoms with van der Waals surface area (Å²) in [5, 5.41) is 3.49. The molecule has 0 unspecified atom stereocenters. The lowest BCUT2D eigenvalue weighted by molar-refractivity contribution is -0.117. The number of carbonyl (C=O) groups is 2. The van der Waals surface area contributed by atoms with Crippen LogP contribution < -0.4 is 5.32 Å². The molecule has 0 heterocycles. The van der Waals surface area contributed by atoms with Crippen molar-refractivity contribution in [2.75, 3.05) is 11.9 Å². The number of hydrogen-bond acceptors (Lipinski definition) is 2. The maximum atomic E-state index is 13.1. The highest BCUT2D eigenvalue weighted by Gasteiger charge is 2.20. The quantitative estimate of drug-likeness (QED) is 0.472. The van der Waals surface area contributed by atoms with Gasteiger partial charge in [0.25, 0.3) is 5.91 Å². The third kappa shape index (κ3) is 5.76. The van der Waals surface area contributed by atoms with Gasteiger partial charge in [0.05, 0.1) is 15.7 Å². The number of nitrogens with zero attached hydrogens (tertiary/aromatic N) is 1. The van der Waals surface area contributed by atoms with Gasteiger partial charge in [0.1, 0.15) is 6.54 Å². The van der Waals surface area contributed by atoms with E-state index in [0.29, 0.717) is 10.6 Å². The Balaban J connectivity index is 1.82. The Bertz CT molecular complexity index is 1030. The van der Waals surface area contributed by atoms with Gasteiger partial charge in [0.2, 0.25) is 5.91 Å². The van der Waals surface area contributed by atoms with E-state index in [1.165, 1.54) is 17.0 Å². The van der Waals surface area contributed by atoms with Gasteiger partial charge >= 0.3 is 0 Å². The second kappa shape index (κ2) is 9.98. The van der Waals surface area contributed by atoms with E-state index < -0.39 is 5.91 Å². The van der Waals surface area contributed by atoms with Crippen LogP contribution in [0.2, 0.25) is 15.1 Å². The molecule has 0 saturated heterocycles. The molecular formula is C23H19Cl3N2O2.